The normalized spacial score (nSPS) is 21.0. The summed E-state index contributed by atoms with van der Waals surface area (Å²) in [5, 5.41) is 4.84. The first-order valence-corrected chi connectivity index (χ1v) is 11.7. The molecule has 2 aliphatic heterocycles. The molecule has 2 heterocycles. The van der Waals surface area contributed by atoms with Crippen molar-refractivity contribution < 1.29 is 18.8 Å². The van der Waals surface area contributed by atoms with E-state index in [2.05, 4.69) is 5.32 Å². The Bertz CT molecular complexity index is 1330. The van der Waals surface area contributed by atoms with Crippen LogP contribution in [0.1, 0.15) is 29.8 Å². The van der Waals surface area contributed by atoms with E-state index in [-0.39, 0.29) is 18.4 Å². The van der Waals surface area contributed by atoms with Gasteiger partial charge < -0.3 is 10.2 Å². The number of Topliss-reactive ketones (excluding diaryl/α,β-unsaturated/α-hetero) is 1. The molecular weight excluding hydrogens is 447 g/mol. The molecule has 8 heteroatoms. The molecule has 0 saturated carbocycles. The first-order valence-electron chi connectivity index (χ1n) is 11.7. The fourth-order valence-electron chi connectivity index (χ4n) is 4.98. The Labute approximate surface area is 203 Å². The van der Waals surface area contributed by atoms with Crippen molar-refractivity contribution in [3.8, 4) is 0 Å². The third-order valence-corrected chi connectivity index (χ3v) is 7.01. The number of hydrogen-bond acceptors (Lipinski definition) is 5. The molecule has 0 radical (unpaired) electrons. The average Bonchev–Trinajstić information content (AvgIpc) is 3.07. The zero-order chi connectivity index (χ0) is 24.7. The standard InChI is InChI=1S/C27H27FN4O3/c1-18(33)20-10-11-24(23(28)16-20)31-14-12-30(13-15-31)17-32-25(34)27(2,29-26(32)35)22-9-5-7-19-6-3-4-8-21(19)22/h3-11,16H,12-15,17H2,1-2H3,(H,29,35). The van der Waals surface area contributed by atoms with Crippen molar-refractivity contribution in [3.63, 3.8) is 0 Å². The van der Waals surface area contributed by atoms with E-state index in [9.17, 15) is 18.8 Å². The number of ketones is 1. The van der Waals surface area contributed by atoms with Gasteiger partial charge in [-0.25, -0.2) is 14.1 Å². The van der Waals surface area contributed by atoms with Crippen LogP contribution in [-0.2, 0) is 10.3 Å². The molecule has 2 aliphatic rings. The number of nitrogens with zero attached hydrogens (tertiary/aromatic N) is 3. The third-order valence-electron chi connectivity index (χ3n) is 7.01. The molecule has 0 bridgehead atoms. The molecule has 180 valence electrons. The minimum Gasteiger partial charge on any atom is -0.367 e. The van der Waals surface area contributed by atoms with Gasteiger partial charge in [0.2, 0.25) is 0 Å². The third kappa shape index (κ3) is 4.04. The SMILES string of the molecule is CC(=O)c1ccc(N2CCN(CN3C(=O)NC(C)(c4cccc5ccccc45)C3=O)CC2)c(F)c1. The van der Waals surface area contributed by atoms with Crippen molar-refractivity contribution in [2.24, 2.45) is 0 Å². The van der Waals surface area contributed by atoms with Crippen LogP contribution in [0.15, 0.2) is 60.7 Å². The number of anilines is 1. The number of halogens is 1. The van der Waals surface area contributed by atoms with Gasteiger partial charge in [0.1, 0.15) is 11.4 Å². The molecule has 3 aromatic rings. The van der Waals surface area contributed by atoms with Crippen LogP contribution in [0.3, 0.4) is 0 Å². The Balaban J connectivity index is 1.28. The maximum atomic E-state index is 14.6. The number of carbonyl (C=O) groups is 3. The van der Waals surface area contributed by atoms with Crippen molar-refractivity contribution in [2.75, 3.05) is 37.7 Å². The smallest absolute Gasteiger partial charge is 0.326 e. The molecule has 2 fully saturated rings. The lowest BCUT2D eigenvalue weighted by Gasteiger charge is -2.37. The molecule has 35 heavy (non-hydrogen) atoms. The molecule has 5 rings (SSSR count). The molecule has 2 saturated heterocycles. The van der Waals surface area contributed by atoms with Gasteiger partial charge in [0.15, 0.2) is 5.78 Å². The number of nitrogens with one attached hydrogen (secondary N) is 1. The van der Waals surface area contributed by atoms with E-state index in [4.69, 9.17) is 0 Å². The van der Waals surface area contributed by atoms with Gasteiger partial charge >= 0.3 is 6.03 Å². The van der Waals surface area contributed by atoms with Crippen LogP contribution in [0.4, 0.5) is 14.9 Å². The zero-order valence-corrected chi connectivity index (χ0v) is 19.8. The van der Waals surface area contributed by atoms with E-state index in [0.717, 1.165) is 16.3 Å². The number of carbonyl (C=O) groups excluding carboxylic acids is 3. The van der Waals surface area contributed by atoms with Crippen LogP contribution < -0.4 is 10.2 Å². The van der Waals surface area contributed by atoms with Gasteiger partial charge in [0.25, 0.3) is 5.91 Å². The zero-order valence-electron chi connectivity index (χ0n) is 19.8. The van der Waals surface area contributed by atoms with E-state index in [0.29, 0.717) is 37.4 Å². The lowest BCUT2D eigenvalue weighted by atomic mass is 9.88. The van der Waals surface area contributed by atoms with Crippen molar-refractivity contribution in [1.29, 1.82) is 0 Å². The number of amides is 3. The van der Waals surface area contributed by atoms with Gasteiger partial charge in [-0.3, -0.25) is 14.5 Å². The lowest BCUT2D eigenvalue weighted by Crippen LogP contribution is -2.51. The predicted molar refractivity (Wildman–Crippen MR) is 132 cm³/mol. The minimum absolute atomic E-state index is 0.171. The van der Waals surface area contributed by atoms with Gasteiger partial charge in [-0.15, -0.1) is 0 Å². The molecule has 3 aromatic carbocycles. The molecular formula is C27H27FN4O3. The molecule has 0 aliphatic carbocycles. The Kier molecular flexibility index (Phi) is 5.76. The fraction of sp³-hybridized carbons (Fsp3) is 0.296. The highest BCUT2D eigenvalue weighted by atomic mass is 19.1. The average molecular weight is 475 g/mol. The molecule has 1 N–H and O–H groups in total. The second kappa shape index (κ2) is 8.78. The van der Waals surface area contributed by atoms with Crippen molar-refractivity contribution in [2.45, 2.75) is 19.4 Å². The second-order valence-electron chi connectivity index (χ2n) is 9.28. The summed E-state index contributed by atoms with van der Waals surface area (Å²) in [5.41, 5.74) is 0.415. The summed E-state index contributed by atoms with van der Waals surface area (Å²) >= 11 is 0. The first-order chi connectivity index (χ1) is 16.8. The monoisotopic (exact) mass is 474 g/mol. The maximum absolute atomic E-state index is 14.6. The van der Waals surface area contributed by atoms with Gasteiger partial charge in [-0.1, -0.05) is 42.5 Å². The Morgan fingerprint density at radius 1 is 1.00 bits per heavy atom. The van der Waals surface area contributed by atoms with Gasteiger partial charge in [0.05, 0.1) is 12.4 Å². The summed E-state index contributed by atoms with van der Waals surface area (Å²) in [5.74, 6) is -0.887. The van der Waals surface area contributed by atoms with E-state index in [1.54, 1.807) is 19.1 Å². The Morgan fingerprint density at radius 3 is 2.43 bits per heavy atom. The highest BCUT2D eigenvalue weighted by molar-refractivity contribution is 6.09. The summed E-state index contributed by atoms with van der Waals surface area (Å²) < 4.78 is 14.6. The molecule has 1 atom stereocenters. The van der Waals surface area contributed by atoms with Crippen LogP contribution in [0.25, 0.3) is 10.8 Å². The molecule has 1 unspecified atom stereocenters. The Hall–Kier alpha value is -3.78. The van der Waals surface area contributed by atoms with Gasteiger partial charge in [0, 0.05) is 31.7 Å². The number of urea groups is 1. The number of imide groups is 1. The van der Waals surface area contributed by atoms with E-state index in [1.807, 2.05) is 52.3 Å². The Morgan fingerprint density at radius 2 is 1.71 bits per heavy atom. The second-order valence-corrected chi connectivity index (χ2v) is 9.28. The van der Waals surface area contributed by atoms with Crippen LogP contribution in [0, 0.1) is 5.82 Å². The van der Waals surface area contributed by atoms with E-state index in [1.165, 1.54) is 17.9 Å². The number of hydrogen-bond donors (Lipinski definition) is 1. The van der Waals surface area contributed by atoms with Crippen LogP contribution in [0.2, 0.25) is 0 Å². The summed E-state index contributed by atoms with van der Waals surface area (Å²) in [7, 11) is 0. The number of fused-ring (bicyclic) bond motifs is 1. The molecule has 0 aromatic heterocycles. The largest absolute Gasteiger partial charge is 0.367 e. The number of rotatable bonds is 5. The van der Waals surface area contributed by atoms with E-state index < -0.39 is 17.4 Å². The van der Waals surface area contributed by atoms with Crippen molar-refractivity contribution >= 4 is 34.2 Å². The number of benzene rings is 3. The molecule has 7 nitrogen and oxygen atoms in total. The van der Waals surface area contributed by atoms with Crippen molar-refractivity contribution in [3.05, 3.63) is 77.6 Å². The van der Waals surface area contributed by atoms with Gasteiger partial charge in [-0.2, -0.15) is 0 Å². The number of piperazine rings is 1. The quantitative estimate of drug-likeness (QED) is 0.451. The summed E-state index contributed by atoms with van der Waals surface area (Å²) in [6.45, 7) is 5.55. The summed E-state index contributed by atoms with van der Waals surface area (Å²) in [4.78, 5) is 43.1. The van der Waals surface area contributed by atoms with Gasteiger partial charge in [-0.05, 0) is 48.4 Å². The topological polar surface area (TPSA) is 73.0 Å². The first kappa shape index (κ1) is 23.0. The lowest BCUT2D eigenvalue weighted by molar-refractivity contribution is -0.132. The van der Waals surface area contributed by atoms with E-state index >= 15 is 0 Å². The highest BCUT2D eigenvalue weighted by Crippen LogP contribution is 2.34. The van der Waals surface area contributed by atoms with Crippen LogP contribution >= 0.6 is 0 Å². The van der Waals surface area contributed by atoms with Crippen LogP contribution in [0.5, 0.6) is 0 Å². The predicted octanol–water partition coefficient (Wildman–Crippen LogP) is 3.73. The highest BCUT2D eigenvalue weighted by Gasteiger charge is 2.50. The minimum atomic E-state index is -1.15. The van der Waals surface area contributed by atoms with Crippen molar-refractivity contribution in [1.82, 2.24) is 15.1 Å². The van der Waals surface area contributed by atoms with Crippen LogP contribution in [-0.4, -0.2) is 60.4 Å². The summed E-state index contributed by atoms with van der Waals surface area (Å²) in [6.07, 6.45) is 0. The maximum Gasteiger partial charge on any atom is 0.326 e. The summed E-state index contributed by atoms with van der Waals surface area (Å²) in [6, 6.07) is 17.7. The molecule has 0 spiro atoms. The fourth-order valence-corrected chi connectivity index (χ4v) is 4.98. The molecule has 3 amide bonds.